The van der Waals surface area contributed by atoms with Gasteiger partial charge in [0.25, 0.3) is 0 Å². The number of nitrogens with one attached hydrogen (secondary N) is 1. The lowest BCUT2D eigenvalue weighted by molar-refractivity contribution is 0.0520. The van der Waals surface area contributed by atoms with Crippen molar-refractivity contribution in [2.45, 2.75) is 20.5 Å². The molecule has 1 heterocycles. The van der Waals surface area contributed by atoms with E-state index in [2.05, 4.69) is 15.4 Å². The summed E-state index contributed by atoms with van der Waals surface area (Å²) >= 11 is 0. The van der Waals surface area contributed by atoms with Gasteiger partial charge in [-0.05, 0) is 37.1 Å². The van der Waals surface area contributed by atoms with Crippen LogP contribution < -0.4 is 4.74 Å². The van der Waals surface area contributed by atoms with Crippen LogP contribution in [0.1, 0.15) is 28.5 Å². The van der Waals surface area contributed by atoms with Gasteiger partial charge < -0.3 is 9.47 Å². The summed E-state index contributed by atoms with van der Waals surface area (Å²) in [5.41, 5.74) is 3.51. The van der Waals surface area contributed by atoms with Crippen molar-refractivity contribution < 1.29 is 14.3 Å². The molecule has 0 saturated heterocycles. The van der Waals surface area contributed by atoms with Crippen LogP contribution in [0, 0.1) is 6.92 Å². The quantitative estimate of drug-likeness (QED) is 0.696. The smallest absolute Gasteiger partial charge is 0.361 e. The molecule has 0 aliphatic carbocycles. The summed E-state index contributed by atoms with van der Waals surface area (Å²) in [5.74, 6) is 0.116. The van der Waals surface area contributed by atoms with Gasteiger partial charge in [0, 0.05) is 5.56 Å². The third kappa shape index (κ3) is 3.68. The molecule has 1 N–H and O–H groups in total. The van der Waals surface area contributed by atoms with Gasteiger partial charge in [-0.2, -0.15) is 10.3 Å². The fourth-order valence-corrected chi connectivity index (χ4v) is 2.48. The van der Waals surface area contributed by atoms with E-state index in [9.17, 15) is 4.79 Å². The molecule has 0 saturated carbocycles. The van der Waals surface area contributed by atoms with Crippen molar-refractivity contribution in [3.05, 3.63) is 65.4 Å². The number of aromatic nitrogens is 3. The highest BCUT2D eigenvalue weighted by molar-refractivity contribution is 5.94. The monoisotopic (exact) mass is 337 g/mol. The molecule has 3 rings (SSSR count). The molecule has 2 aromatic carbocycles. The summed E-state index contributed by atoms with van der Waals surface area (Å²) in [6.45, 7) is 4.49. The average molecular weight is 337 g/mol. The summed E-state index contributed by atoms with van der Waals surface area (Å²) in [6.07, 6.45) is 0. The summed E-state index contributed by atoms with van der Waals surface area (Å²) in [7, 11) is 0. The Balaban J connectivity index is 1.88. The van der Waals surface area contributed by atoms with E-state index in [0.717, 1.165) is 11.1 Å². The van der Waals surface area contributed by atoms with Crippen LogP contribution in [0.25, 0.3) is 11.3 Å². The lowest BCUT2D eigenvalue weighted by Crippen LogP contribution is -2.07. The molecule has 1 aromatic heterocycles. The predicted molar refractivity (Wildman–Crippen MR) is 93.3 cm³/mol. The maximum atomic E-state index is 12.0. The number of hydrogen-bond acceptors (Lipinski definition) is 5. The van der Waals surface area contributed by atoms with Gasteiger partial charge in [0.2, 0.25) is 0 Å². The van der Waals surface area contributed by atoms with Gasteiger partial charge in [0.15, 0.2) is 5.69 Å². The summed E-state index contributed by atoms with van der Waals surface area (Å²) in [6, 6.07) is 15.5. The summed E-state index contributed by atoms with van der Waals surface area (Å²) < 4.78 is 11.0. The Labute approximate surface area is 145 Å². The molecule has 0 atom stereocenters. The highest BCUT2D eigenvalue weighted by atomic mass is 16.5. The third-order valence-corrected chi connectivity index (χ3v) is 3.80. The van der Waals surface area contributed by atoms with E-state index in [4.69, 9.17) is 9.47 Å². The molecule has 0 aliphatic rings. The van der Waals surface area contributed by atoms with E-state index in [1.54, 1.807) is 6.92 Å². The topological polar surface area (TPSA) is 77.1 Å². The molecular weight excluding hydrogens is 318 g/mol. The van der Waals surface area contributed by atoms with Crippen LogP contribution in [0.3, 0.4) is 0 Å². The van der Waals surface area contributed by atoms with E-state index < -0.39 is 5.97 Å². The highest BCUT2D eigenvalue weighted by Gasteiger charge is 2.21. The predicted octanol–water partition coefficient (Wildman–Crippen LogP) is 3.54. The molecule has 6 nitrogen and oxygen atoms in total. The maximum Gasteiger partial charge on any atom is 0.361 e. The zero-order valence-electron chi connectivity index (χ0n) is 14.2. The van der Waals surface area contributed by atoms with Gasteiger partial charge >= 0.3 is 5.97 Å². The Morgan fingerprint density at radius 2 is 1.84 bits per heavy atom. The van der Waals surface area contributed by atoms with Crippen molar-refractivity contribution >= 4 is 5.97 Å². The van der Waals surface area contributed by atoms with Crippen molar-refractivity contribution in [2.24, 2.45) is 0 Å². The number of aromatic amines is 1. The standard InChI is InChI=1S/C19H19N3O3/c1-3-24-19(23)18-17(20-22-21-18)15-10-6-7-11-16(15)25-12-14-9-5-4-8-13(14)2/h4-11H,3,12H2,1-2H3,(H,20,21,22). The highest BCUT2D eigenvalue weighted by Crippen LogP contribution is 2.31. The molecule has 3 aromatic rings. The molecule has 0 bridgehead atoms. The van der Waals surface area contributed by atoms with Crippen molar-refractivity contribution in [1.29, 1.82) is 0 Å². The second kappa shape index (κ2) is 7.61. The van der Waals surface area contributed by atoms with Crippen LogP contribution in [0.4, 0.5) is 0 Å². The van der Waals surface area contributed by atoms with Gasteiger partial charge in [-0.3, -0.25) is 0 Å². The van der Waals surface area contributed by atoms with Gasteiger partial charge in [0.1, 0.15) is 18.1 Å². The number of para-hydroxylation sites is 1. The number of rotatable bonds is 6. The number of ether oxygens (including phenoxy) is 2. The van der Waals surface area contributed by atoms with Gasteiger partial charge in [-0.25, -0.2) is 4.79 Å². The fourth-order valence-electron chi connectivity index (χ4n) is 2.48. The average Bonchev–Trinajstić information content (AvgIpc) is 3.11. The number of aryl methyl sites for hydroxylation is 1. The summed E-state index contributed by atoms with van der Waals surface area (Å²) in [4.78, 5) is 12.0. The number of carbonyl (C=O) groups excluding carboxylic acids is 1. The molecule has 0 amide bonds. The SMILES string of the molecule is CCOC(=O)c1n[nH]nc1-c1ccccc1OCc1ccccc1C. The number of carbonyl (C=O) groups is 1. The molecule has 25 heavy (non-hydrogen) atoms. The van der Waals surface area contributed by atoms with Gasteiger partial charge in [-0.1, -0.05) is 36.4 Å². The molecule has 0 radical (unpaired) electrons. The lowest BCUT2D eigenvalue weighted by Gasteiger charge is -2.12. The minimum absolute atomic E-state index is 0.147. The minimum Gasteiger partial charge on any atom is -0.488 e. The first-order chi connectivity index (χ1) is 12.2. The number of hydrogen-bond donors (Lipinski definition) is 1. The number of esters is 1. The Bertz CT molecular complexity index is 874. The second-order valence-electron chi connectivity index (χ2n) is 5.45. The number of nitrogens with zero attached hydrogens (tertiary/aromatic N) is 2. The molecule has 0 spiro atoms. The van der Waals surface area contributed by atoms with Crippen LogP contribution in [0.5, 0.6) is 5.75 Å². The summed E-state index contributed by atoms with van der Waals surface area (Å²) in [5, 5.41) is 10.5. The lowest BCUT2D eigenvalue weighted by atomic mass is 10.1. The van der Waals surface area contributed by atoms with Crippen molar-refractivity contribution in [3.8, 4) is 17.0 Å². The van der Waals surface area contributed by atoms with E-state index in [0.29, 0.717) is 23.6 Å². The molecule has 0 fully saturated rings. The van der Waals surface area contributed by atoms with Crippen LogP contribution >= 0.6 is 0 Å². The van der Waals surface area contributed by atoms with Gasteiger partial charge in [-0.15, -0.1) is 5.10 Å². The van der Waals surface area contributed by atoms with E-state index >= 15 is 0 Å². The fraction of sp³-hybridized carbons (Fsp3) is 0.211. The molecule has 128 valence electrons. The Kier molecular flexibility index (Phi) is 5.09. The van der Waals surface area contributed by atoms with Crippen LogP contribution in [0.2, 0.25) is 0 Å². The first-order valence-electron chi connectivity index (χ1n) is 8.05. The zero-order valence-corrected chi connectivity index (χ0v) is 14.2. The Morgan fingerprint density at radius 1 is 1.08 bits per heavy atom. The van der Waals surface area contributed by atoms with Crippen molar-refractivity contribution in [1.82, 2.24) is 15.4 Å². The Hall–Kier alpha value is -3.15. The van der Waals surface area contributed by atoms with Crippen LogP contribution in [-0.2, 0) is 11.3 Å². The van der Waals surface area contributed by atoms with Crippen LogP contribution in [0.15, 0.2) is 48.5 Å². The Morgan fingerprint density at radius 3 is 2.64 bits per heavy atom. The number of H-pyrrole nitrogens is 1. The molecule has 6 heteroatoms. The molecular formula is C19H19N3O3. The van der Waals surface area contributed by atoms with Gasteiger partial charge in [0.05, 0.1) is 6.61 Å². The zero-order chi connectivity index (χ0) is 17.6. The van der Waals surface area contributed by atoms with E-state index in [1.807, 2.05) is 55.5 Å². The van der Waals surface area contributed by atoms with Crippen molar-refractivity contribution in [3.63, 3.8) is 0 Å². The molecule has 0 unspecified atom stereocenters. The third-order valence-electron chi connectivity index (χ3n) is 3.80. The number of benzene rings is 2. The normalized spacial score (nSPS) is 10.5. The first-order valence-corrected chi connectivity index (χ1v) is 8.05. The second-order valence-corrected chi connectivity index (χ2v) is 5.45. The maximum absolute atomic E-state index is 12.0. The molecule has 0 aliphatic heterocycles. The van der Waals surface area contributed by atoms with Crippen LogP contribution in [-0.4, -0.2) is 28.0 Å². The van der Waals surface area contributed by atoms with E-state index in [-0.39, 0.29) is 12.3 Å². The largest absolute Gasteiger partial charge is 0.488 e. The van der Waals surface area contributed by atoms with E-state index in [1.165, 1.54) is 0 Å². The van der Waals surface area contributed by atoms with Crippen molar-refractivity contribution in [2.75, 3.05) is 6.61 Å². The minimum atomic E-state index is -0.514. The first kappa shape index (κ1) is 16.7.